The van der Waals surface area contributed by atoms with Crippen LogP contribution in [0.2, 0.25) is 0 Å². The highest BCUT2D eigenvalue weighted by molar-refractivity contribution is 7.99. The number of anilines is 1. The quantitative estimate of drug-likeness (QED) is 0.479. The van der Waals surface area contributed by atoms with E-state index in [1.165, 1.54) is 11.8 Å². The maximum atomic E-state index is 12.8. The minimum atomic E-state index is -0.0202. The Kier molecular flexibility index (Phi) is 8.02. The zero-order valence-electron chi connectivity index (χ0n) is 19.8. The molecule has 0 bridgehead atoms. The summed E-state index contributed by atoms with van der Waals surface area (Å²) in [4.78, 5) is 30.4. The number of nitrogens with one attached hydrogen (secondary N) is 1. The molecule has 1 N–H and O–H groups in total. The molecule has 0 atom stereocenters. The molecule has 2 amide bonds. The van der Waals surface area contributed by atoms with Crippen molar-refractivity contribution in [3.8, 4) is 10.7 Å². The zero-order valence-corrected chi connectivity index (χ0v) is 21.4. The van der Waals surface area contributed by atoms with E-state index in [0.717, 1.165) is 39.2 Å². The van der Waals surface area contributed by atoms with Crippen molar-refractivity contribution in [2.75, 3.05) is 43.8 Å². The molecule has 4 rings (SSSR count). The lowest BCUT2D eigenvalue weighted by Crippen LogP contribution is -2.51. The summed E-state index contributed by atoms with van der Waals surface area (Å²) in [5.41, 5.74) is 3.01. The molecule has 8 nitrogen and oxygen atoms in total. The first-order chi connectivity index (χ1) is 16.5. The largest absolute Gasteiger partial charge is 0.339 e. The van der Waals surface area contributed by atoms with Gasteiger partial charge in [-0.25, -0.2) is 0 Å². The fraction of sp³-hybridized carbons (Fsp3) is 0.417. The maximum absolute atomic E-state index is 12.8. The maximum Gasteiger partial charge on any atom is 0.238 e. The molecule has 34 heavy (non-hydrogen) atoms. The molecule has 3 heterocycles. The lowest BCUT2D eigenvalue weighted by atomic mass is 10.1. The van der Waals surface area contributed by atoms with Crippen LogP contribution >= 0.6 is 23.1 Å². The van der Waals surface area contributed by atoms with Crippen LogP contribution in [0, 0.1) is 13.8 Å². The third-order valence-electron chi connectivity index (χ3n) is 5.94. The Morgan fingerprint density at radius 3 is 2.44 bits per heavy atom. The number of amides is 2. The minimum Gasteiger partial charge on any atom is -0.339 e. The predicted octanol–water partition coefficient (Wildman–Crippen LogP) is 3.52. The number of nitrogens with zero attached hydrogens (tertiary/aromatic N) is 5. The highest BCUT2D eigenvalue weighted by Crippen LogP contribution is 2.27. The molecule has 1 aromatic carbocycles. The average molecular weight is 499 g/mol. The standard InChI is InChI=1S/C24H30N6O2S2/c1-4-30-23(19-9-6-14-33-19)26-27-24(30)34-16-21(32)29-12-10-28(11-13-29)15-20(31)25-22-17(2)7-5-8-18(22)3/h5-9,14H,4,10-13,15-16H2,1-3H3,(H,25,31). The molecular weight excluding hydrogens is 468 g/mol. The number of hydrogen-bond acceptors (Lipinski definition) is 7. The van der Waals surface area contributed by atoms with Gasteiger partial charge in [-0.2, -0.15) is 0 Å². The third kappa shape index (κ3) is 5.68. The molecule has 2 aromatic heterocycles. The number of piperazine rings is 1. The summed E-state index contributed by atoms with van der Waals surface area (Å²) in [6, 6.07) is 10.0. The number of para-hydroxylation sites is 1. The first-order valence-electron chi connectivity index (χ1n) is 11.4. The van der Waals surface area contributed by atoms with E-state index in [1.807, 2.05) is 54.5 Å². The Bertz CT molecular complexity index is 1120. The van der Waals surface area contributed by atoms with Gasteiger partial charge < -0.3 is 14.8 Å². The van der Waals surface area contributed by atoms with E-state index in [0.29, 0.717) is 38.5 Å². The summed E-state index contributed by atoms with van der Waals surface area (Å²) in [5.74, 6) is 1.25. The molecule has 180 valence electrons. The van der Waals surface area contributed by atoms with E-state index in [1.54, 1.807) is 11.3 Å². The van der Waals surface area contributed by atoms with Gasteiger partial charge in [0.25, 0.3) is 0 Å². The van der Waals surface area contributed by atoms with Crippen LogP contribution in [0.3, 0.4) is 0 Å². The van der Waals surface area contributed by atoms with Crippen molar-refractivity contribution in [2.45, 2.75) is 32.5 Å². The summed E-state index contributed by atoms with van der Waals surface area (Å²) in [6.07, 6.45) is 0. The van der Waals surface area contributed by atoms with Gasteiger partial charge in [0.15, 0.2) is 11.0 Å². The van der Waals surface area contributed by atoms with Crippen molar-refractivity contribution in [3.05, 3.63) is 46.8 Å². The van der Waals surface area contributed by atoms with Crippen molar-refractivity contribution >= 4 is 40.6 Å². The van der Waals surface area contributed by atoms with Crippen molar-refractivity contribution in [1.29, 1.82) is 0 Å². The molecule has 0 radical (unpaired) electrons. The number of carbonyl (C=O) groups excluding carboxylic acids is 2. The van der Waals surface area contributed by atoms with Gasteiger partial charge >= 0.3 is 0 Å². The molecule has 1 aliphatic heterocycles. The Labute approximate surface area is 208 Å². The van der Waals surface area contributed by atoms with Crippen molar-refractivity contribution < 1.29 is 9.59 Å². The molecular formula is C24H30N6O2S2. The number of rotatable bonds is 8. The Hall–Kier alpha value is -2.69. The van der Waals surface area contributed by atoms with E-state index in [2.05, 4.69) is 31.9 Å². The first-order valence-corrected chi connectivity index (χ1v) is 13.3. The molecule has 1 fully saturated rings. The molecule has 10 heteroatoms. The van der Waals surface area contributed by atoms with Crippen LogP contribution in [0.5, 0.6) is 0 Å². The van der Waals surface area contributed by atoms with Gasteiger partial charge in [-0.05, 0) is 43.3 Å². The number of aromatic nitrogens is 3. The molecule has 0 spiro atoms. The molecule has 1 saturated heterocycles. The van der Waals surface area contributed by atoms with Gasteiger partial charge in [0.1, 0.15) is 0 Å². The SMILES string of the molecule is CCn1c(SCC(=O)N2CCN(CC(=O)Nc3c(C)cccc3C)CC2)nnc1-c1cccs1. The molecule has 3 aromatic rings. The van der Waals surface area contributed by atoms with Gasteiger partial charge in [-0.1, -0.05) is 36.0 Å². The Balaban J connectivity index is 1.25. The normalized spacial score (nSPS) is 14.4. The second-order valence-corrected chi connectivity index (χ2v) is 10.2. The number of carbonyl (C=O) groups is 2. The fourth-order valence-electron chi connectivity index (χ4n) is 4.04. The summed E-state index contributed by atoms with van der Waals surface area (Å²) >= 11 is 3.06. The first kappa shape index (κ1) is 24.4. The van der Waals surface area contributed by atoms with E-state index < -0.39 is 0 Å². The van der Waals surface area contributed by atoms with Crippen molar-refractivity contribution in [3.63, 3.8) is 0 Å². The van der Waals surface area contributed by atoms with E-state index in [4.69, 9.17) is 0 Å². The van der Waals surface area contributed by atoms with Crippen LogP contribution in [0.25, 0.3) is 10.7 Å². The van der Waals surface area contributed by atoms with E-state index in [-0.39, 0.29) is 11.8 Å². The van der Waals surface area contributed by atoms with Gasteiger partial charge in [0.2, 0.25) is 11.8 Å². The third-order valence-corrected chi connectivity index (χ3v) is 7.75. The average Bonchev–Trinajstić information content (AvgIpc) is 3.50. The lowest BCUT2D eigenvalue weighted by molar-refractivity contribution is -0.130. The number of thioether (sulfide) groups is 1. The van der Waals surface area contributed by atoms with Crippen LogP contribution in [-0.2, 0) is 16.1 Å². The second-order valence-electron chi connectivity index (χ2n) is 8.29. The van der Waals surface area contributed by atoms with Crippen LogP contribution in [0.4, 0.5) is 5.69 Å². The highest BCUT2D eigenvalue weighted by Gasteiger charge is 2.24. The van der Waals surface area contributed by atoms with Crippen LogP contribution in [0.1, 0.15) is 18.1 Å². The van der Waals surface area contributed by atoms with Crippen molar-refractivity contribution in [1.82, 2.24) is 24.6 Å². The summed E-state index contributed by atoms with van der Waals surface area (Å²) in [6.45, 7) is 9.74. The predicted molar refractivity (Wildman–Crippen MR) is 137 cm³/mol. The second kappa shape index (κ2) is 11.2. The number of hydrogen-bond donors (Lipinski definition) is 1. The minimum absolute atomic E-state index is 0.0202. The summed E-state index contributed by atoms with van der Waals surface area (Å²) in [7, 11) is 0. The monoisotopic (exact) mass is 498 g/mol. The number of benzene rings is 1. The molecule has 0 aliphatic carbocycles. The number of thiophene rings is 1. The fourth-order valence-corrected chi connectivity index (χ4v) is 5.66. The van der Waals surface area contributed by atoms with Gasteiger partial charge in [-0.3, -0.25) is 14.5 Å². The van der Waals surface area contributed by atoms with Gasteiger partial charge in [0, 0.05) is 38.4 Å². The Morgan fingerprint density at radius 1 is 1.06 bits per heavy atom. The molecule has 0 saturated carbocycles. The highest BCUT2D eigenvalue weighted by atomic mass is 32.2. The summed E-state index contributed by atoms with van der Waals surface area (Å²) < 4.78 is 2.05. The summed E-state index contributed by atoms with van der Waals surface area (Å²) in [5, 5.41) is 14.5. The molecule has 0 unspecified atom stereocenters. The smallest absolute Gasteiger partial charge is 0.238 e. The van der Waals surface area contributed by atoms with Gasteiger partial charge in [0.05, 0.1) is 17.2 Å². The van der Waals surface area contributed by atoms with Crippen LogP contribution in [0.15, 0.2) is 40.9 Å². The van der Waals surface area contributed by atoms with Crippen LogP contribution < -0.4 is 5.32 Å². The van der Waals surface area contributed by atoms with E-state index in [9.17, 15) is 9.59 Å². The number of aryl methyl sites for hydroxylation is 2. The van der Waals surface area contributed by atoms with Gasteiger partial charge in [-0.15, -0.1) is 21.5 Å². The molecule has 1 aliphatic rings. The Morgan fingerprint density at radius 2 is 1.79 bits per heavy atom. The topological polar surface area (TPSA) is 83.4 Å². The van der Waals surface area contributed by atoms with E-state index >= 15 is 0 Å². The van der Waals surface area contributed by atoms with Crippen molar-refractivity contribution in [2.24, 2.45) is 0 Å². The zero-order chi connectivity index (χ0) is 24.1. The lowest BCUT2D eigenvalue weighted by Gasteiger charge is -2.34. The van der Waals surface area contributed by atoms with Crippen LogP contribution in [-0.4, -0.2) is 74.9 Å².